The molecular formula is C58H39N3. The van der Waals surface area contributed by atoms with E-state index in [1.54, 1.807) is 0 Å². The standard InChI is InChI=1S/C58H39N3/c1-4-16-38(17-5-1)41-29-32-55-52(34-41)53-35-42(39-18-6-2-7-19-39)30-33-56(53)61(55)57-37-54(50-27-15-10-22-44(50)40-20-8-3-9-21-40)59-58(60-57)43-28-31-49-47-25-12-11-23-45(47)46-24-13-14-26-48(46)51(49)36-43/h1-37,58,60H. The van der Waals surface area contributed by atoms with Crippen LogP contribution in [0.4, 0.5) is 0 Å². The molecule has 1 N–H and O–H groups in total. The van der Waals surface area contributed by atoms with E-state index in [0.717, 1.165) is 44.8 Å². The van der Waals surface area contributed by atoms with Gasteiger partial charge in [-0.05, 0) is 102 Å². The first-order chi connectivity index (χ1) is 30.2. The molecule has 12 rings (SSSR count). The normalized spacial score (nSPS) is 14.1. The highest BCUT2D eigenvalue weighted by molar-refractivity contribution is 6.25. The van der Waals surface area contributed by atoms with Crippen molar-refractivity contribution < 1.29 is 0 Å². The number of hydrogen-bond donors (Lipinski definition) is 1. The number of benzene rings is 10. The fraction of sp³-hybridized carbons (Fsp3) is 0.0172. The minimum atomic E-state index is -0.367. The summed E-state index contributed by atoms with van der Waals surface area (Å²) in [6.45, 7) is 0. The number of aromatic nitrogens is 1. The van der Waals surface area contributed by atoms with Crippen LogP contribution < -0.4 is 5.32 Å². The number of aliphatic imine (C=N–C) groups is 1. The number of fused-ring (bicyclic) bond motifs is 9. The zero-order valence-electron chi connectivity index (χ0n) is 33.3. The van der Waals surface area contributed by atoms with Crippen molar-refractivity contribution in [2.75, 3.05) is 0 Å². The lowest BCUT2D eigenvalue weighted by atomic mass is 9.92. The van der Waals surface area contributed by atoms with Gasteiger partial charge in [0.2, 0.25) is 0 Å². The van der Waals surface area contributed by atoms with E-state index in [2.05, 4.69) is 234 Å². The highest BCUT2D eigenvalue weighted by Gasteiger charge is 2.25. The quantitative estimate of drug-likeness (QED) is 0.167. The van der Waals surface area contributed by atoms with Crippen molar-refractivity contribution in [2.45, 2.75) is 6.17 Å². The van der Waals surface area contributed by atoms with E-state index < -0.39 is 0 Å². The Kier molecular flexibility index (Phi) is 8.24. The van der Waals surface area contributed by atoms with Crippen LogP contribution >= 0.6 is 0 Å². The molecule has 0 spiro atoms. The van der Waals surface area contributed by atoms with Crippen LogP contribution in [0, 0.1) is 0 Å². The van der Waals surface area contributed by atoms with Crippen molar-refractivity contribution in [1.29, 1.82) is 0 Å². The maximum Gasteiger partial charge on any atom is 0.146 e. The van der Waals surface area contributed by atoms with Crippen molar-refractivity contribution in [3.8, 4) is 33.4 Å². The van der Waals surface area contributed by atoms with Crippen molar-refractivity contribution in [1.82, 2.24) is 9.88 Å². The Balaban J connectivity index is 1.10. The van der Waals surface area contributed by atoms with Gasteiger partial charge in [-0.1, -0.05) is 188 Å². The first-order valence-electron chi connectivity index (χ1n) is 21.0. The summed E-state index contributed by atoms with van der Waals surface area (Å²) >= 11 is 0. The SMILES string of the molecule is C1=C(n2c3ccc(-c4ccccc4)cc3c3cc(-c4ccccc4)ccc32)NC(c2ccc3c4ccccc4c4ccccc4c3c2)N=C1c1ccccc1-c1ccccc1. The van der Waals surface area contributed by atoms with Gasteiger partial charge >= 0.3 is 0 Å². The van der Waals surface area contributed by atoms with E-state index in [-0.39, 0.29) is 6.17 Å². The third-order valence-electron chi connectivity index (χ3n) is 12.4. The van der Waals surface area contributed by atoms with E-state index in [1.807, 2.05) is 0 Å². The zero-order valence-corrected chi connectivity index (χ0v) is 33.3. The first kappa shape index (κ1) is 35.0. The largest absolute Gasteiger partial charge is 0.346 e. The third-order valence-corrected chi connectivity index (χ3v) is 12.4. The molecule has 1 atom stereocenters. The number of rotatable bonds is 6. The summed E-state index contributed by atoms with van der Waals surface area (Å²) in [4.78, 5) is 5.60. The summed E-state index contributed by atoms with van der Waals surface area (Å²) in [5, 5.41) is 13.9. The van der Waals surface area contributed by atoms with Crippen LogP contribution in [0.25, 0.3) is 93.3 Å². The van der Waals surface area contributed by atoms with Crippen molar-refractivity contribution in [3.05, 3.63) is 236 Å². The molecule has 3 nitrogen and oxygen atoms in total. The number of hydrogen-bond acceptors (Lipinski definition) is 2. The molecule has 10 aromatic carbocycles. The van der Waals surface area contributed by atoms with Gasteiger partial charge in [0.25, 0.3) is 0 Å². The summed E-state index contributed by atoms with van der Waals surface area (Å²) in [5.41, 5.74) is 12.5. The molecule has 0 saturated carbocycles. The smallest absolute Gasteiger partial charge is 0.146 e. The summed E-state index contributed by atoms with van der Waals surface area (Å²) in [6, 6.07) is 78.9. The predicted octanol–water partition coefficient (Wildman–Crippen LogP) is 14.8. The molecule has 1 aliphatic heterocycles. The molecular weight excluding hydrogens is 739 g/mol. The Labute approximate surface area is 354 Å². The monoisotopic (exact) mass is 777 g/mol. The molecule has 286 valence electrons. The molecule has 2 heterocycles. The molecule has 1 aromatic heterocycles. The third kappa shape index (κ3) is 5.93. The van der Waals surface area contributed by atoms with E-state index >= 15 is 0 Å². The lowest BCUT2D eigenvalue weighted by Crippen LogP contribution is -2.27. The average Bonchev–Trinajstić information content (AvgIpc) is 3.67. The van der Waals surface area contributed by atoms with Crippen molar-refractivity contribution in [2.24, 2.45) is 4.99 Å². The summed E-state index contributed by atoms with van der Waals surface area (Å²) in [7, 11) is 0. The second-order valence-electron chi connectivity index (χ2n) is 15.9. The van der Waals surface area contributed by atoms with E-state index in [9.17, 15) is 0 Å². The van der Waals surface area contributed by atoms with Crippen LogP contribution in [0.15, 0.2) is 229 Å². The fourth-order valence-electron chi connectivity index (χ4n) is 9.53. The summed E-state index contributed by atoms with van der Waals surface area (Å²) < 4.78 is 2.41. The molecule has 0 bridgehead atoms. The maximum absolute atomic E-state index is 5.60. The molecule has 1 unspecified atom stereocenters. The highest BCUT2D eigenvalue weighted by atomic mass is 15.2. The van der Waals surface area contributed by atoms with Gasteiger partial charge in [-0.3, -0.25) is 9.56 Å². The topological polar surface area (TPSA) is 29.3 Å². The zero-order chi connectivity index (χ0) is 40.3. The van der Waals surface area contributed by atoms with Gasteiger partial charge in [-0.15, -0.1) is 0 Å². The van der Waals surface area contributed by atoms with E-state index in [4.69, 9.17) is 4.99 Å². The minimum absolute atomic E-state index is 0.367. The lowest BCUT2D eigenvalue weighted by molar-refractivity contribution is 0.647. The fourth-order valence-corrected chi connectivity index (χ4v) is 9.53. The molecule has 3 heteroatoms. The molecule has 0 aliphatic carbocycles. The van der Waals surface area contributed by atoms with Crippen LogP contribution in [0.1, 0.15) is 17.3 Å². The Morgan fingerprint density at radius 1 is 0.344 bits per heavy atom. The van der Waals surface area contributed by atoms with Gasteiger partial charge in [0, 0.05) is 22.4 Å². The summed E-state index contributed by atoms with van der Waals surface area (Å²) in [5.74, 6) is 0.973. The van der Waals surface area contributed by atoms with Crippen LogP contribution in [0.5, 0.6) is 0 Å². The molecule has 0 amide bonds. The van der Waals surface area contributed by atoms with Gasteiger partial charge in [-0.2, -0.15) is 0 Å². The molecule has 0 fully saturated rings. The van der Waals surface area contributed by atoms with Crippen molar-refractivity contribution in [3.63, 3.8) is 0 Å². The Bertz CT molecular complexity index is 3410. The molecule has 11 aromatic rings. The first-order valence-corrected chi connectivity index (χ1v) is 21.0. The number of nitrogens with one attached hydrogen (secondary N) is 1. The minimum Gasteiger partial charge on any atom is -0.346 e. The maximum atomic E-state index is 5.60. The lowest BCUT2D eigenvalue weighted by Gasteiger charge is -2.27. The average molecular weight is 778 g/mol. The Hall–Kier alpha value is -8.01. The highest BCUT2D eigenvalue weighted by Crippen LogP contribution is 2.40. The molecule has 0 saturated heterocycles. The summed E-state index contributed by atoms with van der Waals surface area (Å²) in [6.07, 6.45) is 1.88. The van der Waals surface area contributed by atoms with Crippen molar-refractivity contribution >= 4 is 65.7 Å². The Morgan fingerprint density at radius 2 is 0.803 bits per heavy atom. The van der Waals surface area contributed by atoms with E-state index in [0.29, 0.717) is 0 Å². The second kappa shape index (κ2) is 14.4. The van der Waals surface area contributed by atoms with Crippen LogP contribution in [0.3, 0.4) is 0 Å². The number of allylic oxidation sites excluding steroid dienone is 1. The van der Waals surface area contributed by atoms with Gasteiger partial charge in [0.15, 0.2) is 0 Å². The molecule has 1 aliphatic rings. The molecule has 61 heavy (non-hydrogen) atoms. The van der Waals surface area contributed by atoms with Gasteiger partial charge in [0.1, 0.15) is 12.0 Å². The van der Waals surface area contributed by atoms with Crippen LogP contribution in [-0.2, 0) is 0 Å². The molecule has 0 radical (unpaired) electrons. The number of nitrogens with zero attached hydrogens (tertiary/aromatic N) is 2. The van der Waals surface area contributed by atoms with Gasteiger partial charge < -0.3 is 5.32 Å². The Morgan fingerprint density at radius 3 is 1.36 bits per heavy atom. The van der Waals surface area contributed by atoms with Gasteiger partial charge in [0.05, 0.1) is 16.7 Å². The van der Waals surface area contributed by atoms with Crippen LogP contribution in [0.2, 0.25) is 0 Å². The van der Waals surface area contributed by atoms with Crippen LogP contribution in [-0.4, -0.2) is 10.3 Å². The van der Waals surface area contributed by atoms with Gasteiger partial charge in [-0.25, -0.2) is 0 Å². The van der Waals surface area contributed by atoms with E-state index in [1.165, 1.54) is 65.3 Å². The predicted molar refractivity (Wildman–Crippen MR) is 258 cm³/mol. The second-order valence-corrected chi connectivity index (χ2v) is 15.9.